The maximum Gasteiger partial charge on any atom is 0.237 e. The minimum Gasteiger partial charge on any atom is -0.497 e. The Bertz CT molecular complexity index is 1130. The molecule has 7 nitrogen and oxygen atoms in total. The molecule has 0 saturated carbocycles. The maximum absolute atomic E-state index is 12.9. The summed E-state index contributed by atoms with van der Waals surface area (Å²) in [5.41, 5.74) is 4.57. The number of nitrogens with one attached hydrogen (secondary N) is 3. The number of piperidine rings is 1. The number of likely N-dealkylation sites (tertiary alicyclic amines) is 1. The number of carbonyl (C=O) groups excluding carboxylic acids is 2. The van der Waals surface area contributed by atoms with E-state index in [1.165, 1.54) is 11.1 Å². The van der Waals surface area contributed by atoms with Crippen LogP contribution in [0.3, 0.4) is 0 Å². The number of thioether (sulfide) groups is 1. The van der Waals surface area contributed by atoms with Gasteiger partial charge in [-0.1, -0.05) is 42.0 Å². The minimum absolute atomic E-state index is 0.0197. The lowest BCUT2D eigenvalue weighted by atomic mass is 9.94. The Morgan fingerprint density at radius 3 is 2.74 bits per heavy atom. The second kappa shape index (κ2) is 10.4. The molecule has 5 rings (SSSR count). The fraction of sp³-hybridized carbons (Fsp3) is 0.407. The van der Waals surface area contributed by atoms with Gasteiger partial charge in [-0.15, -0.1) is 11.8 Å². The molecular formula is C27H32N4O3S. The van der Waals surface area contributed by atoms with Crippen LogP contribution in [-0.4, -0.2) is 54.5 Å². The first kappa shape index (κ1) is 23.9. The van der Waals surface area contributed by atoms with Crippen LogP contribution in [0.5, 0.6) is 5.75 Å². The van der Waals surface area contributed by atoms with Crippen molar-refractivity contribution in [2.24, 2.45) is 5.92 Å². The molecule has 0 radical (unpaired) electrons. The number of nitrogens with zero attached hydrogens (tertiary/aromatic N) is 1. The van der Waals surface area contributed by atoms with Gasteiger partial charge in [0.25, 0.3) is 0 Å². The Balaban J connectivity index is 1.16. The molecule has 2 amide bonds. The molecule has 3 aliphatic heterocycles. The molecule has 0 bridgehead atoms. The largest absolute Gasteiger partial charge is 0.497 e. The van der Waals surface area contributed by atoms with Crippen LogP contribution in [0.15, 0.2) is 53.9 Å². The van der Waals surface area contributed by atoms with E-state index in [0.29, 0.717) is 6.54 Å². The summed E-state index contributed by atoms with van der Waals surface area (Å²) < 4.78 is 5.26. The quantitative estimate of drug-likeness (QED) is 0.575. The Labute approximate surface area is 210 Å². The zero-order valence-electron chi connectivity index (χ0n) is 20.1. The van der Waals surface area contributed by atoms with Crippen molar-refractivity contribution >= 4 is 29.1 Å². The highest BCUT2D eigenvalue weighted by molar-refractivity contribution is 8.04. The standard InChI is InChI=1S/C27H32N4O3S/c1-17-5-3-7-20(13-17)22-16-35-24-23(22)29-27(30-26(24)33)31-11-9-19(10-12-31)25(32)28-15-18-6-4-8-21(14-18)34-2/h3-8,13-14,16,19,23-24,27,29H,9-12,15H2,1-2H3,(H,28,32)(H,30,33). The summed E-state index contributed by atoms with van der Waals surface area (Å²) in [6, 6.07) is 16.2. The van der Waals surface area contributed by atoms with Crippen LogP contribution in [0.25, 0.3) is 5.57 Å². The third-order valence-corrected chi connectivity index (χ3v) is 8.24. The molecule has 2 aromatic carbocycles. The smallest absolute Gasteiger partial charge is 0.237 e. The average Bonchev–Trinajstić information content (AvgIpc) is 3.32. The number of benzene rings is 2. The normalized spacial score (nSPS) is 24.9. The van der Waals surface area contributed by atoms with E-state index in [2.05, 4.69) is 57.4 Å². The zero-order valence-corrected chi connectivity index (χ0v) is 20.9. The molecule has 0 aromatic heterocycles. The Morgan fingerprint density at radius 2 is 1.97 bits per heavy atom. The van der Waals surface area contributed by atoms with Gasteiger partial charge in [-0.2, -0.15) is 0 Å². The van der Waals surface area contributed by atoms with Gasteiger partial charge in [-0.25, -0.2) is 0 Å². The number of fused-ring (bicyclic) bond motifs is 1. The number of methoxy groups -OCH3 is 1. The lowest BCUT2D eigenvalue weighted by molar-refractivity contribution is -0.129. The van der Waals surface area contributed by atoms with Crippen molar-refractivity contribution < 1.29 is 14.3 Å². The predicted molar refractivity (Wildman–Crippen MR) is 139 cm³/mol. The Morgan fingerprint density at radius 1 is 1.17 bits per heavy atom. The number of aryl methyl sites for hydroxylation is 1. The van der Waals surface area contributed by atoms with Gasteiger partial charge in [0.15, 0.2) is 0 Å². The highest BCUT2D eigenvalue weighted by Gasteiger charge is 2.44. The van der Waals surface area contributed by atoms with E-state index in [4.69, 9.17) is 4.74 Å². The second-order valence-corrected chi connectivity index (χ2v) is 10.5. The van der Waals surface area contributed by atoms with Crippen LogP contribution in [0, 0.1) is 12.8 Å². The van der Waals surface area contributed by atoms with Crippen molar-refractivity contribution in [3.05, 3.63) is 70.6 Å². The van der Waals surface area contributed by atoms with Gasteiger partial charge >= 0.3 is 0 Å². The molecule has 0 aliphatic carbocycles. The lowest BCUT2D eigenvalue weighted by Gasteiger charge is -2.43. The van der Waals surface area contributed by atoms with Crippen LogP contribution in [0.2, 0.25) is 0 Å². The first-order valence-electron chi connectivity index (χ1n) is 12.2. The van der Waals surface area contributed by atoms with E-state index in [1.54, 1.807) is 18.9 Å². The van der Waals surface area contributed by atoms with Crippen LogP contribution in [-0.2, 0) is 16.1 Å². The molecule has 3 heterocycles. The number of hydrogen-bond donors (Lipinski definition) is 3. The van der Waals surface area contributed by atoms with Crippen molar-refractivity contribution in [2.75, 3.05) is 20.2 Å². The molecule has 3 atom stereocenters. The fourth-order valence-electron chi connectivity index (χ4n) is 5.09. The summed E-state index contributed by atoms with van der Waals surface area (Å²) in [5.74, 6) is 0.926. The predicted octanol–water partition coefficient (Wildman–Crippen LogP) is 2.86. The van der Waals surface area contributed by atoms with Crippen molar-refractivity contribution in [2.45, 2.75) is 43.9 Å². The van der Waals surface area contributed by atoms with Gasteiger partial charge in [-0.05, 0) is 54.0 Å². The maximum atomic E-state index is 12.9. The lowest BCUT2D eigenvalue weighted by Crippen LogP contribution is -2.68. The number of rotatable bonds is 6. The topological polar surface area (TPSA) is 82.7 Å². The molecule has 2 saturated heterocycles. The van der Waals surface area contributed by atoms with E-state index < -0.39 is 0 Å². The van der Waals surface area contributed by atoms with E-state index in [0.717, 1.165) is 42.8 Å². The molecule has 3 N–H and O–H groups in total. The monoisotopic (exact) mass is 492 g/mol. The van der Waals surface area contributed by atoms with Gasteiger partial charge in [0, 0.05) is 25.6 Å². The average molecular weight is 493 g/mol. The van der Waals surface area contributed by atoms with Crippen molar-refractivity contribution in [1.29, 1.82) is 0 Å². The van der Waals surface area contributed by atoms with Crippen LogP contribution < -0.4 is 20.7 Å². The van der Waals surface area contributed by atoms with Crippen molar-refractivity contribution in [3.8, 4) is 5.75 Å². The highest BCUT2D eigenvalue weighted by Crippen LogP contribution is 2.39. The summed E-state index contributed by atoms with van der Waals surface area (Å²) >= 11 is 1.59. The Hall–Kier alpha value is -2.81. The summed E-state index contributed by atoms with van der Waals surface area (Å²) in [6.07, 6.45) is 1.31. The summed E-state index contributed by atoms with van der Waals surface area (Å²) in [5, 5.41) is 11.9. The molecular weight excluding hydrogens is 460 g/mol. The first-order chi connectivity index (χ1) is 17.0. The molecule has 35 heavy (non-hydrogen) atoms. The molecule has 3 unspecified atom stereocenters. The first-order valence-corrected chi connectivity index (χ1v) is 13.1. The van der Waals surface area contributed by atoms with Gasteiger partial charge in [0.2, 0.25) is 11.8 Å². The summed E-state index contributed by atoms with van der Waals surface area (Å²) in [6.45, 7) is 4.09. The number of amides is 2. The fourth-order valence-corrected chi connectivity index (χ4v) is 6.24. The summed E-state index contributed by atoms with van der Waals surface area (Å²) in [7, 11) is 1.64. The van der Waals surface area contributed by atoms with Gasteiger partial charge in [-0.3, -0.25) is 19.8 Å². The van der Waals surface area contributed by atoms with E-state index in [-0.39, 0.29) is 35.3 Å². The molecule has 184 valence electrons. The van der Waals surface area contributed by atoms with Crippen molar-refractivity contribution in [3.63, 3.8) is 0 Å². The van der Waals surface area contributed by atoms with E-state index in [1.807, 2.05) is 24.3 Å². The highest BCUT2D eigenvalue weighted by atomic mass is 32.2. The molecule has 3 aliphatic rings. The minimum atomic E-state index is -0.226. The van der Waals surface area contributed by atoms with Crippen LogP contribution in [0.1, 0.15) is 29.5 Å². The van der Waals surface area contributed by atoms with Gasteiger partial charge in [0.05, 0.1) is 13.2 Å². The van der Waals surface area contributed by atoms with Crippen LogP contribution in [0.4, 0.5) is 0 Å². The number of ether oxygens (including phenoxy) is 1. The number of hydrogen-bond acceptors (Lipinski definition) is 6. The van der Waals surface area contributed by atoms with Crippen molar-refractivity contribution in [1.82, 2.24) is 20.9 Å². The molecule has 2 fully saturated rings. The zero-order chi connectivity index (χ0) is 24.4. The van der Waals surface area contributed by atoms with Gasteiger partial charge in [0.1, 0.15) is 17.3 Å². The third kappa shape index (κ3) is 5.24. The number of carbonyl (C=O) groups is 2. The van der Waals surface area contributed by atoms with Gasteiger partial charge < -0.3 is 15.4 Å². The summed E-state index contributed by atoms with van der Waals surface area (Å²) in [4.78, 5) is 27.9. The van der Waals surface area contributed by atoms with E-state index >= 15 is 0 Å². The Kier molecular flexibility index (Phi) is 7.13. The molecule has 8 heteroatoms. The SMILES string of the molecule is COc1cccc(CNC(=O)C2CCN(C3NC(=O)C4SC=C(c5cccc(C)c5)C4N3)CC2)c1. The van der Waals surface area contributed by atoms with Crippen LogP contribution >= 0.6 is 11.8 Å². The second-order valence-electron chi connectivity index (χ2n) is 9.43. The molecule has 2 aromatic rings. The van der Waals surface area contributed by atoms with E-state index in [9.17, 15) is 9.59 Å². The molecule has 0 spiro atoms. The third-order valence-electron chi connectivity index (χ3n) is 7.07.